The van der Waals surface area contributed by atoms with E-state index in [0.717, 1.165) is 21.3 Å². The van der Waals surface area contributed by atoms with Gasteiger partial charge in [0.1, 0.15) is 5.82 Å². The molecule has 3 nitrogen and oxygen atoms in total. The molecule has 1 aromatic heterocycles. The summed E-state index contributed by atoms with van der Waals surface area (Å²) in [5.74, 6) is 0.910. The smallest absolute Gasteiger partial charge is 0.123 e. The molecular formula is C9H12BrCl2N3. The molecule has 1 heterocycles. The van der Waals surface area contributed by atoms with Gasteiger partial charge in [-0.05, 0) is 18.2 Å². The molecule has 15 heavy (non-hydrogen) atoms. The lowest BCUT2D eigenvalue weighted by Gasteiger charge is -1.97. The third-order valence-electron chi connectivity index (χ3n) is 2.12. The number of imidazole rings is 1. The Kier molecular flexibility index (Phi) is 5.59. The molecule has 0 aliphatic carbocycles. The van der Waals surface area contributed by atoms with E-state index >= 15 is 0 Å². The highest BCUT2D eigenvalue weighted by Gasteiger charge is 2.05. The van der Waals surface area contributed by atoms with E-state index in [-0.39, 0.29) is 24.8 Å². The fourth-order valence-electron chi connectivity index (χ4n) is 1.41. The van der Waals surface area contributed by atoms with Gasteiger partial charge in [0.05, 0.1) is 17.6 Å². The molecule has 0 bridgehead atoms. The van der Waals surface area contributed by atoms with Crippen LogP contribution in [0.4, 0.5) is 0 Å². The molecule has 2 N–H and O–H groups in total. The molecule has 0 fully saturated rings. The molecular weight excluding hydrogens is 301 g/mol. The standard InChI is InChI=1S/C9H10BrN3.2ClH/c1-13-8-3-2-6(10)4-7(8)12-9(13)5-11;;/h2-4H,5,11H2,1H3;2*1H. The van der Waals surface area contributed by atoms with Gasteiger partial charge in [-0.3, -0.25) is 0 Å². The van der Waals surface area contributed by atoms with Gasteiger partial charge in [0.15, 0.2) is 0 Å². The van der Waals surface area contributed by atoms with E-state index < -0.39 is 0 Å². The van der Waals surface area contributed by atoms with E-state index in [9.17, 15) is 0 Å². The van der Waals surface area contributed by atoms with E-state index in [1.54, 1.807) is 0 Å². The van der Waals surface area contributed by atoms with Crippen LogP contribution in [0, 0.1) is 0 Å². The average molecular weight is 313 g/mol. The summed E-state index contributed by atoms with van der Waals surface area (Å²) in [6.07, 6.45) is 0. The summed E-state index contributed by atoms with van der Waals surface area (Å²) in [5, 5.41) is 0. The van der Waals surface area contributed by atoms with Gasteiger partial charge >= 0.3 is 0 Å². The van der Waals surface area contributed by atoms with Gasteiger partial charge in [-0.25, -0.2) is 4.98 Å². The Morgan fingerprint density at radius 2 is 2.07 bits per heavy atom. The van der Waals surface area contributed by atoms with Crippen LogP contribution in [0.1, 0.15) is 5.82 Å². The van der Waals surface area contributed by atoms with Crippen molar-refractivity contribution in [1.82, 2.24) is 9.55 Å². The molecule has 1 aromatic carbocycles. The van der Waals surface area contributed by atoms with Crippen molar-refractivity contribution in [2.24, 2.45) is 12.8 Å². The van der Waals surface area contributed by atoms with Crippen molar-refractivity contribution in [3.05, 3.63) is 28.5 Å². The Labute approximate surface area is 109 Å². The topological polar surface area (TPSA) is 43.8 Å². The summed E-state index contributed by atoms with van der Waals surface area (Å²) in [7, 11) is 1.98. The van der Waals surface area contributed by atoms with Gasteiger partial charge in [0, 0.05) is 11.5 Å². The monoisotopic (exact) mass is 311 g/mol. The number of hydrogen-bond donors (Lipinski definition) is 1. The van der Waals surface area contributed by atoms with Crippen LogP contribution in [0.3, 0.4) is 0 Å². The Balaban J connectivity index is 0.000000980. The Morgan fingerprint density at radius 3 is 2.67 bits per heavy atom. The Hall–Kier alpha value is -0.290. The summed E-state index contributed by atoms with van der Waals surface area (Å²) in [6.45, 7) is 0.475. The predicted octanol–water partition coefficient (Wildman–Crippen LogP) is 2.64. The SMILES string of the molecule is Cl.Cl.Cn1c(CN)nc2cc(Br)ccc21. The molecule has 84 valence electrons. The molecule has 0 radical (unpaired) electrons. The minimum atomic E-state index is 0. The van der Waals surface area contributed by atoms with Gasteiger partial charge in [-0.1, -0.05) is 15.9 Å². The zero-order chi connectivity index (χ0) is 9.42. The molecule has 0 saturated carbocycles. The van der Waals surface area contributed by atoms with Gasteiger partial charge in [-0.15, -0.1) is 24.8 Å². The zero-order valence-electron chi connectivity index (χ0n) is 8.11. The largest absolute Gasteiger partial charge is 0.330 e. The van der Waals surface area contributed by atoms with Gasteiger partial charge in [0.25, 0.3) is 0 Å². The van der Waals surface area contributed by atoms with E-state index in [1.807, 2.05) is 29.8 Å². The van der Waals surface area contributed by atoms with Crippen molar-refractivity contribution in [3.8, 4) is 0 Å². The number of aromatic nitrogens is 2. The number of fused-ring (bicyclic) bond motifs is 1. The third kappa shape index (κ3) is 2.64. The summed E-state index contributed by atoms with van der Waals surface area (Å²) in [6, 6.07) is 6.03. The molecule has 6 heteroatoms. The van der Waals surface area contributed by atoms with Crippen molar-refractivity contribution >= 4 is 51.8 Å². The highest BCUT2D eigenvalue weighted by atomic mass is 79.9. The number of aryl methyl sites for hydroxylation is 1. The fourth-order valence-corrected chi connectivity index (χ4v) is 1.75. The number of hydrogen-bond acceptors (Lipinski definition) is 2. The lowest BCUT2D eigenvalue weighted by atomic mass is 10.3. The lowest BCUT2D eigenvalue weighted by Crippen LogP contribution is -2.04. The van der Waals surface area contributed by atoms with E-state index in [0.29, 0.717) is 6.54 Å². The van der Waals surface area contributed by atoms with Crippen LogP contribution in [0.15, 0.2) is 22.7 Å². The first-order valence-corrected chi connectivity index (χ1v) is 4.82. The number of nitrogens with zero attached hydrogens (tertiary/aromatic N) is 2. The molecule has 0 atom stereocenters. The number of nitrogens with two attached hydrogens (primary N) is 1. The van der Waals surface area contributed by atoms with E-state index in [1.165, 1.54) is 0 Å². The maximum Gasteiger partial charge on any atom is 0.123 e. The summed E-state index contributed by atoms with van der Waals surface area (Å²) >= 11 is 3.41. The molecule has 0 aliphatic heterocycles. The van der Waals surface area contributed by atoms with Crippen molar-refractivity contribution in [2.45, 2.75) is 6.54 Å². The van der Waals surface area contributed by atoms with Crippen LogP contribution in [0.5, 0.6) is 0 Å². The predicted molar refractivity (Wildman–Crippen MR) is 70.8 cm³/mol. The first kappa shape index (κ1) is 14.7. The Bertz CT molecular complexity index is 456. The lowest BCUT2D eigenvalue weighted by molar-refractivity contribution is 0.813. The van der Waals surface area contributed by atoms with Gasteiger partial charge in [0.2, 0.25) is 0 Å². The van der Waals surface area contributed by atoms with Crippen molar-refractivity contribution in [2.75, 3.05) is 0 Å². The summed E-state index contributed by atoms with van der Waals surface area (Å²) in [4.78, 5) is 4.40. The second kappa shape index (κ2) is 5.70. The molecule has 0 amide bonds. The van der Waals surface area contributed by atoms with Crippen molar-refractivity contribution < 1.29 is 0 Å². The highest BCUT2D eigenvalue weighted by molar-refractivity contribution is 9.10. The van der Waals surface area contributed by atoms with Crippen LogP contribution >= 0.6 is 40.7 Å². The summed E-state index contributed by atoms with van der Waals surface area (Å²) in [5.41, 5.74) is 7.66. The maximum atomic E-state index is 5.56. The molecule has 0 aliphatic rings. The number of rotatable bonds is 1. The molecule has 2 aromatic rings. The minimum absolute atomic E-state index is 0. The third-order valence-corrected chi connectivity index (χ3v) is 2.61. The van der Waals surface area contributed by atoms with Crippen LogP contribution in [0.25, 0.3) is 11.0 Å². The van der Waals surface area contributed by atoms with Crippen LogP contribution < -0.4 is 5.73 Å². The van der Waals surface area contributed by atoms with Crippen LogP contribution in [-0.2, 0) is 13.6 Å². The van der Waals surface area contributed by atoms with Crippen LogP contribution in [-0.4, -0.2) is 9.55 Å². The van der Waals surface area contributed by atoms with Crippen LogP contribution in [0.2, 0.25) is 0 Å². The van der Waals surface area contributed by atoms with E-state index in [2.05, 4.69) is 20.9 Å². The van der Waals surface area contributed by atoms with Crippen molar-refractivity contribution in [3.63, 3.8) is 0 Å². The molecule has 0 saturated heterocycles. The molecule has 2 rings (SSSR count). The number of halogens is 3. The zero-order valence-corrected chi connectivity index (χ0v) is 11.3. The van der Waals surface area contributed by atoms with Gasteiger partial charge in [-0.2, -0.15) is 0 Å². The average Bonchev–Trinajstić information content (AvgIpc) is 2.42. The normalized spacial score (nSPS) is 9.53. The first-order chi connectivity index (χ1) is 6.22. The molecule has 0 unspecified atom stereocenters. The van der Waals surface area contributed by atoms with E-state index in [4.69, 9.17) is 5.73 Å². The molecule has 0 spiro atoms. The van der Waals surface area contributed by atoms with Gasteiger partial charge < -0.3 is 10.3 Å². The quantitative estimate of drug-likeness (QED) is 0.879. The maximum absolute atomic E-state index is 5.56. The summed E-state index contributed by atoms with van der Waals surface area (Å²) < 4.78 is 3.06. The second-order valence-electron chi connectivity index (χ2n) is 2.92. The highest BCUT2D eigenvalue weighted by Crippen LogP contribution is 2.19. The second-order valence-corrected chi connectivity index (χ2v) is 3.84. The van der Waals surface area contributed by atoms with Crippen molar-refractivity contribution in [1.29, 1.82) is 0 Å². The first-order valence-electron chi connectivity index (χ1n) is 4.03. The Morgan fingerprint density at radius 1 is 1.40 bits per heavy atom. The number of benzene rings is 1. The minimum Gasteiger partial charge on any atom is -0.330 e. The fraction of sp³-hybridized carbons (Fsp3) is 0.222.